The van der Waals surface area contributed by atoms with Gasteiger partial charge in [-0.1, -0.05) is 0 Å². The first-order chi connectivity index (χ1) is 4.84. The first-order valence-electron chi connectivity index (χ1n) is 3.41. The number of hydrogen-bond acceptors (Lipinski definition) is 3. The summed E-state index contributed by atoms with van der Waals surface area (Å²) in [5.41, 5.74) is -0.867. The van der Waals surface area contributed by atoms with Crippen LogP contribution in [0.4, 0.5) is 3.89 Å². The Morgan fingerprint density at radius 1 is 1.55 bits per heavy atom. The fourth-order valence-corrected chi connectivity index (χ4v) is 2.47. The van der Waals surface area contributed by atoms with Crippen LogP contribution in [0.3, 0.4) is 0 Å². The van der Waals surface area contributed by atoms with Crippen LogP contribution >= 0.6 is 0 Å². The molecule has 1 heterocycles. The largest absolute Gasteiger partial charge is 0.374 e. The van der Waals surface area contributed by atoms with E-state index >= 15 is 0 Å². The van der Waals surface area contributed by atoms with Gasteiger partial charge in [0.05, 0.1) is 5.60 Å². The van der Waals surface area contributed by atoms with Gasteiger partial charge in [0.25, 0.3) is 0 Å². The molecule has 0 spiro atoms. The molecule has 1 unspecified atom stereocenters. The Kier molecular flexibility index (Phi) is 1.96. The maximum absolute atomic E-state index is 12.5. The fourth-order valence-electron chi connectivity index (χ4n) is 1.35. The summed E-state index contributed by atoms with van der Waals surface area (Å²) in [5, 5.41) is -0.991. The minimum atomic E-state index is -4.44. The van der Waals surface area contributed by atoms with Crippen molar-refractivity contribution in [2.45, 2.75) is 31.1 Å². The quantitative estimate of drug-likeness (QED) is 0.565. The lowest BCUT2D eigenvalue weighted by molar-refractivity contribution is 0.0377. The maximum atomic E-state index is 12.5. The standard InChI is InChI=1S/C6H11FO3S/c1-6(2)5(3-4-10-6)11(7,8)9/h5H,3-4H2,1-2H3. The van der Waals surface area contributed by atoms with Gasteiger partial charge in [-0.25, -0.2) is 0 Å². The summed E-state index contributed by atoms with van der Waals surface area (Å²) in [7, 11) is -4.44. The first-order valence-corrected chi connectivity index (χ1v) is 4.86. The van der Waals surface area contributed by atoms with E-state index in [1.807, 2.05) is 0 Å². The predicted octanol–water partition coefficient (Wildman–Crippen LogP) is 0.853. The molecule has 1 atom stereocenters. The zero-order chi connectivity index (χ0) is 8.70. The zero-order valence-electron chi connectivity index (χ0n) is 6.50. The minimum Gasteiger partial charge on any atom is -0.374 e. The van der Waals surface area contributed by atoms with Crippen LogP contribution in [0, 0.1) is 0 Å². The number of ether oxygens (including phenoxy) is 1. The second-order valence-electron chi connectivity index (χ2n) is 3.20. The summed E-state index contributed by atoms with van der Waals surface area (Å²) >= 11 is 0. The van der Waals surface area contributed by atoms with Crippen molar-refractivity contribution in [1.29, 1.82) is 0 Å². The van der Waals surface area contributed by atoms with Gasteiger partial charge < -0.3 is 4.74 Å². The SMILES string of the molecule is CC1(C)OCCC1S(=O)(=O)F. The average molecular weight is 182 g/mol. The maximum Gasteiger partial charge on any atom is 0.308 e. The second kappa shape index (κ2) is 2.42. The molecule has 11 heavy (non-hydrogen) atoms. The molecular formula is C6H11FO3S. The van der Waals surface area contributed by atoms with Gasteiger partial charge in [0.1, 0.15) is 5.25 Å². The van der Waals surface area contributed by atoms with Gasteiger partial charge in [-0.05, 0) is 20.3 Å². The molecule has 66 valence electrons. The van der Waals surface area contributed by atoms with Crippen molar-refractivity contribution in [2.75, 3.05) is 6.61 Å². The Bertz CT molecular complexity index is 245. The molecule has 0 aliphatic carbocycles. The van der Waals surface area contributed by atoms with E-state index < -0.39 is 21.1 Å². The molecule has 1 aliphatic heterocycles. The van der Waals surface area contributed by atoms with Crippen LogP contribution in [0.2, 0.25) is 0 Å². The van der Waals surface area contributed by atoms with E-state index in [2.05, 4.69) is 0 Å². The van der Waals surface area contributed by atoms with Gasteiger partial charge in [-0.15, -0.1) is 3.89 Å². The summed E-state index contributed by atoms with van der Waals surface area (Å²) in [5.74, 6) is 0. The van der Waals surface area contributed by atoms with Crippen molar-refractivity contribution in [3.63, 3.8) is 0 Å². The van der Waals surface area contributed by atoms with Crippen LogP contribution in [0.15, 0.2) is 0 Å². The molecule has 0 bridgehead atoms. The normalized spacial score (nSPS) is 30.6. The molecule has 0 saturated carbocycles. The summed E-state index contributed by atoms with van der Waals surface area (Å²) in [6.45, 7) is 3.49. The highest BCUT2D eigenvalue weighted by molar-refractivity contribution is 7.87. The number of hydrogen-bond donors (Lipinski definition) is 0. The van der Waals surface area contributed by atoms with Crippen LogP contribution in [0.1, 0.15) is 20.3 Å². The van der Waals surface area contributed by atoms with E-state index in [0.717, 1.165) is 0 Å². The van der Waals surface area contributed by atoms with Crippen LogP contribution < -0.4 is 0 Å². The first kappa shape index (κ1) is 8.93. The minimum absolute atomic E-state index is 0.256. The van der Waals surface area contributed by atoms with Crippen LogP contribution in [0.25, 0.3) is 0 Å². The van der Waals surface area contributed by atoms with E-state index in [4.69, 9.17) is 4.74 Å². The average Bonchev–Trinajstić information content (AvgIpc) is 2.06. The molecule has 0 N–H and O–H groups in total. The van der Waals surface area contributed by atoms with Gasteiger partial charge in [-0.3, -0.25) is 0 Å². The van der Waals surface area contributed by atoms with Crippen molar-refractivity contribution in [2.24, 2.45) is 0 Å². The third kappa shape index (κ3) is 1.70. The van der Waals surface area contributed by atoms with Gasteiger partial charge in [0.15, 0.2) is 0 Å². The van der Waals surface area contributed by atoms with Crippen LogP contribution in [0.5, 0.6) is 0 Å². The molecule has 0 radical (unpaired) electrons. The van der Waals surface area contributed by atoms with Crippen molar-refractivity contribution in [3.05, 3.63) is 0 Å². The second-order valence-corrected chi connectivity index (χ2v) is 4.72. The van der Waals surface area contributed by atoms with Crippen LogP contribution in [-0.4, -0.2) is 25.9 Å². The number of rotatable bonds is 1. The highest BCUT2D eigenvalue weighted by atomic mass is 32.3. The van der Waals surface area contributed by atoms with Crippen molar-refractivity contribution < 1.29 is 17.0 Å². The Labute approximate surface area is 65.8 Å². The lowest BCUT2D eigenvalue weighted by atomic mass is 10.1. The summed E-state index contributed by atoms with van der Waals surface area (Å²) in [4.78, 5) is 0. The molecule has 0 amide bonds. The molecule has 1 saturated heterocycles. The van der Waals surface area contributed by atoms with E-state index in [-0.39, 0.29) is 6.42 Å². The summed E-state index contributed by atoms with van der Waals surface area (Å²) in [6, 6.07) is 0. The Hall–Kier alpha value is -0.160. The predicted molar refractivity (Wildman–Crippen MR) is 38.5 cm³/mol. The lowest BCUT2D eigenvalue weighted by Gasteiger charge is -2.21. The fraction of sp³-hybridized carbons (Fsp3) is 1.00. The Morgan fingerprint density at radius 2 is 2.09 bits per heavy atom. The summed E-state index contributed by atoms with van der Waals surface area (Å²) < 4.78 is 38.5. The molecule has 1 fully saturated rings. The molecule has 5 heteroatoms. The van der Waals surface area contributed by atoms with Gasteiger partial charge in [-0.2, -0.15) is 8.42 Å². The molecular weight excluding hydrogens is 171 g/mol. The smallest absolute Gasteiger partial charge is 0.308 e. The van der Waals surface area contributed by atoms with Crippen molar-refractivity contribution in [1.82, 2.24) is 0 Å². The molecule has 1 aliphatic rings. The Morgan fingerprint density at radius 3 is 2.27 bits per heavy atom. The van der Waals surface area contributed by atoms with Gasteiger partial charge in [0.2, 0.25) is 0 Å². The summed E-state index contributed by atoms with van der Waals surface area (Å²) in [6.07, 6.45) is 0.256. The van der Waals surface area contributed by atoms with E-state index in [1.165, 1.54) is 0 Å². The van der Waals surface area contributed by atoms with Crippen LogP contribution in [-0.2, 0) is 15.0 Å². The van der Waals surface area contributed by atoms with Crippen molar-refractivity contribution in [3.8, 4) is 0 Å². The monoisotopic (exact) mass is 182 g/mol. The van der Waals surface area contributed by atoms with Gasteiger partial charge in [0, 0.05) is 6.61 Å². The molecule has 0 aromatic rings. The number of halogens is 1. The third-order valence-corrected chi connectivity index (χ3v) is 3.45. The molecule has 0 aromatic heterocycles. The topological polar surface area (TPSA) is 43.4 Å². The molecule has 3 nitrogen and oxygen atoms in total. The van der Waals surface area contributed by atoms with E-state index in [0.29, 0.717) is 6.61 Å². The van der Waals surface area contributed by atoms with Crippen molar-refractivity contribution >= 4 is 10.2 Å². The van der Waals surface area contributed by atoms with E-state index in [1.54, 1.807) is 13.8 Å². The molecule has 0 aromatic carbocycles. The third-order valence-electron chi connectivity index (χ3n) is 1.97. The van der Waals surface area contributed by atoms with Gasteiger partial charge >= 0.3 is 10.2 Å². The highest BCUT2D eigenvalue weighted by Gasteiger charge is 2.44. The Balaban J connectivity index is 2.91. The highest BCUT2D eigenvalue weighted by Crippen LogP contribution is 2.31. The van der Waals surface area contributed by atoms with E-state index in [9.17, 15) is 12.3 Å². The lowest BCUT2D eigenvalue weighted by Crippen LogP contribution is -2.36. The molecule has 1 rings (SSSR count). The zero-order valence-corrected chi connectivity index (χ0v) is 7.32.